The summed E-state index contributed by atoms with van der Waals surface area (Å²) in [5, 5.41) is 4.88. The Morgan fingerprint density at radius 3 is 2.36 bits per heavy atom. The maximum absolute atomic E-state index is 12.2. The van der Waals surface area contributed by atoms with E-state index in [0.29, 0.717) is 28.2 Å². The normalized spacial score (nSPS) is 15.7. The molecule has 0 unspecified atom stereocenters. The van der Waals surface area contributed by atoms with Gasteiger partial charge in [-0.1, -0.05) is 12.1 Å². The molecule has 2 aliphatic rings. The molecule has 0 aliphatic carbocycles. The Hall–Kier alpha value is -3.15. The van der Waals surface area contributed by atoms with Gasteiger partial charge < -0.3 is 9.47 Å². The van der Waals surface area contributed by atoms with Crippen molar-refractivity contribution in [2.45, 2.75) is 0 Å². The van der Waals surface area contributed by atoms with Crippen LogP contribution >= 0.6 is 0 Å². The Morgan fingerprint density at radius 2 is 1.64 bits per heavy atom. The number of hydrogen-bond acceptors (Lipinski definition) is 5. The molecule has 2 aliphatic heterocycles. The third-order valence-corrected chi connectivity index (χ3v) is 3.49. The van der Waals surface area contributed by atoms with E-state index in [0.717, 1.165) is 5.01 Å². The van der Waals surface area contributed by atoms with Crippen LogP contribution in [-0.2, 0) is 0 Å². The van der Waals surface area contributed by atoms with Gasteiger partial charge in [0.1, 0.15) is 0 Å². The van der Waals surface area contributed by atoms with Gasteiger partial charge in [-0.15, -0.1) is 0 Å². The molecule has 4 rings (SSSR count). The van der Waals surface area contributed by atoms with Gasteiger partial charge in [0.2, 0.25) is 6.79 Å². The summed E-state index contributed by atoms with van der Waals surface area (Å²) in [5.74, 6) is 0.444. The summed E-state index contributed by atoms with van der Waals surface area (Å²) in [4.78, 5) is 24.3. The molecule has 0 spiro atoms. The van der Waals surface area contributed by atoms with E-state index < -0.39 is 11.8 Å². The average molecular weight is 294 g/mol. The standard InChI is InChI=1S/C16H10N2O4/c19-15-11-3-1-2-4-12(11)16(20)18(15)17-8-10-5-6-13-14(7-10)22-9-21-13/h1-8H,9H2/b17-8+. The molecule has 2 heterocycles. The van der Waals surface area contributed by atoms with E-state index >= 15 is 0 Å². The minimum Gasteiger partial charge on any atom is -0.454 e. The van der Waals surface area contributed by atoms with Crippen LogP contribution in [0.25, 0.3) is 0 Å². The second kappa shape index (κ2) is 4.70. The smallest absolute Gasteiger partial charge is 0.282 e. The molecule has 108 valence electrons. The second-order valence-corrected chi connectivity index (χ2v) is 4.82. The highest BCUT2D eigenvalue weighted by Crippen LogP contribution is 2.32. The maximum atomic E-state index is 12.2. The zero-order valence-electron chi connectivity index (χ0n) is 11.4. The highest BCUT2D eigenvalue weighted by Gasteiger charge is 2.35. The van der Waals surface area contributed by atoms with Gasteiger partial charge in [-0.25, -0.2) is 0 Å². The van der Waals surface area contributed by atoms with E-state index in [9.17, 15) is 9.59 Å². The lowest BCUT2D eigenvalue weighted by molar-refractivity contribution is 0.0660. The second-order valence-electron chi connectivity index (χ2n) is 4.82. The number of rotatable bonds is 2. The van der Waals surface area contributed by atoms with Crippen LogP contribution in [0.3, 0.4) is 0 Å². The molecule has 6 heteroatoms. The number of fused-ring (bicyclic) bond motifs is 2. The predicted octanol–water partition coefficient (Wildman–Crippen LogP) is 2.05. The molecule has 22 heavy (non-hydrogen) atoms. The average Bonchev–Trinajstić information content (AvgIpc) is 3.10. The molecular formula is C16H10N2O4. The van der Waals surface area contributed by atoms with Gasteiger partial charge in [-0.3, -0.25) is 9.59 Å². The number of carbonyl (C=O) groups excluding carboxylic acids is 2. The molecule has 0 fully saturated rings. The maximum Gasteiger partial charge on any atom is 0.282 e. The molecule has 0 saturated heterocycles. The Bertz CT molecular complexity index is 794. The first-order valence-corrected chi connectivity index (χ1v) is 6.65. The van der Waals surface area contributed by atoms with Gasteiger partial charge >= 0.3 is 0 Å². The van der Waals surface area contributed by atoms with Crippen molar-refractivity contribution in [3.8, 4) is 11.5 Å². The van der Waals surface area contributed by atoms with E-state index in [4.69, 9.17) is 9.47 Å². The summed E-state index contributed by atoms with van der Waals surface area (Å²) in [6.45, 7) is 0.189. The summed E-state index contributed by atoms with van der Waals surface area (Å²) >= 11 is 0. The van der Waals surface area contributed by atoms with E-state index in [1.165, 1.54) is 6.21 Å². The van der Waals surface area contributed by atoms with Crippen molar-refractivity contribution in [1.82, 2.24) is 5.01 Å². The number of carbonyl (C=O) groups is 2. The van der Waals surface area contributed by atoms with Crippen LogP contribution in [0.5, 0.6) is 11.5 Å². The van der Waals surface area contributed by atoms with Gasteiger partial charge in [-0.2, -0.15) is 10.1 Å². The summed E-state index contributed by atoms with van der Waals surface area (Å²) in [5.41, 5.74) is 1.45. The van der Waals surface area contributed by atoms with Gasteiger partial charge in [0.25, 0.3) is 11.8 Å². The molecule has 0 radical (unpaired) electrons. The molecule has 2 aromatic rings. The number of ether oxygens (including phenoxy) is 2. The van der Waals surface area contributed by atoms with Gasteiger partial charge in [0.05, 0.1) is 17.3 Å². The van der Waals surface area contributed by atoms with Crippen molar-refractivity contribution in [3.05, 3.63) is 59.2 Å². The largest absolute Gasteiger partial charge is 0.454 e. The first kappa shape index (κ1) is 12.6. The van der Waals surface area contributed by atoms with Crippen molar-refractivity contribution in [2.75, 3.05) is 6.79 Å². The lowest BCUT2D eigenvalue weighted by Crippen LogP contribution is -2.23. The predicted molar refractivity (Wildman–Crippen MR) is 77.1 cm³/mol. The van der Waals surface area contributed by atoms with Crippen LogP contribution in [0.15, 0.2) is 47.6 Å². The first-order chi connectivity index (χ1) is 10.7. The number of imide groups is 1. The van der Waals surface area contributed by atoms with Gasteiger partial charge in [0, 0.05) is 0 Å². The van der Waals surface area contributed by atoms with Crippen molar-refractivity contribution in [3.63, 3.8) is 0 Å². The fraction of sp³-hybridized carbons (Fsp3) is 0.0625. The van der Waals surface area contributed by atoms with Crippen molar-refractivity contribution >= 4 is 18.0 Å². The number of amides is 2. The van der Waals surface area contributed by atoms with Crippen LogP contribution in [-0.4, -0.2) is 29.8 Å². The van der Waals surface area contributed by atoms with Crippen molar-refractivity contribution < 1.29 is 19.1 Å². The number of hydrazone groups is 1. The van der Waals surface area contributed by atoms with Crippen LogP contribution in [0.2, 0.25) is 0 Å². The fourth-order valence-corrected chi connectivity index (χ4v) is 2.40. The molecule has 2 amide bonds. The Morgan fingerprint density at radius 1 is 0.955 bits per heavy atom. The Kier molecular flexibility index (Phi) is 2.69. The van der Waals surface area contributed by atoms with Crippen LogP contribution in [0.4, 0.5) is 0 Å². The molecule has 0 N–H and O–H groups in total. The summed E-state index contributed by atoms with van der Waals surface area (Å²) in [7, 11) is 0. The van der Waals surface area contributed by atoms with Gasteiger partial charge in [-0.05, 0) is 35.9 Å². The monoisotopic (exact) mass is 294 g/mol. The van der Waals surface area contributed by atoms with Crippen LogP contribution < -0.4 is 9.47 Å². The van der Waals surface area contributed by atoms with Crippen molar-refractivity contribution in [2.24, 2.45) is 5.10 Å². The topological polar surface area (TPSA) is 68.2 Å². The quantitative estimate of drug-likeness (QED) is 0.628. The lowest BCUT2D eigenvalue weighted by atomic mass is 10.1. The zero-order valence-corrected chi connectivity index (χ0v) is 11.4. The van der Waals surface area contributed by atoms with E-state index in [2.05, 4.69) is 5.10 Å². The van der Waals surface area contributed by atoms with Crippen LogP contribution in [0, 0.1) is 0 Å². The molecule has 0 atom stereocenters. The van der Waals surface area contributed by atoms with E-state index in [1.54, 1.807) is 42.5 Å². The molecule has 0 bridgehead atoms. The molecular weight excluding hydrogens is 284 g/mol. The summed E-state index contributed by atoms with van der Waals surface area (Å²) < 4.78 is 10.5. The summed E-state index contributed by atoms with van der Waals surface area (Å²) in [6, 6.07) is 11.9. The third-order valence-electron chi connectivity index (χ3n) is 3.49. The number of benzene rings is 2. The highest BCUT2D eigenvalue weighted by molar-refractivity contribution is 6.21. The van der Waals surface area contributed by atoms with Crippen LogP contribution in [0.1, 0.15) is 26.3 Å². The molecule has 2 aromatic carbocycles. The Labute approximate surface area is 125 Å². The molecule has 0 aromatic heterocycles. The fourth-order valence-electron chi connectivity index (χ4n) is 2.40. The minimum absolute atomic E-state index is 0.189. The minimum atomic E-state index is -0.419. The number of hydrogen-bond donors (Lipinski definition) is 0. The van der Waals surface area contributed by atoms with E-state index in [-0.39, 0.29) is 6.79 Å². The highest BCUT2D eigenvalue weighted by atomic mass is 16.7. The number of nitrogens with zero attached hydrogens (tertiary/aromatic N) is 2. The third kappa shape index (κ3) is 1.85. The Balaban J connectivity index is 1.62. The molecule has 6 nitrogen and oxygen atoms in total. The first-order valence-electron chi connectivity index (χ1n) is 6.65. The zero-order chi connectivity index (χ0) is 15.1. The van der Waals surface area contributed by atoms with Crippen molar-refractivity contribution in [1.29, 1.82) is 0 Å². The molecule has 0 saturated carbocycles. The van der Waals surface area contributed by atoms with Gasteiger partial charge in [0.15, 0.2) is 11.5 Å². The SMILES string of the molecule is O=C1c2ccccc2C(=O)N1/N=C/c1ccc2c(c1)OCO2. The summed E-state index contributed by atoms with van der Waals surface area (Å²) in [6.07, 6.45) is 1.45. The lowest BCUT2D eigenvalue weighted by Gasteiger charge is -2.05. The van der Waals surface area contributed by atoms with E-state index in [1.807, 2.05) is 0 Å².